The highest BCUT2D eigenvalue weighted by molar-refractivity contribution is 6.01. The number of ether oxygens (including phenoxy) is 2. The predicted octanol–water partition coefficient (Wildman–Crippen LogP) is 4.91. The van der Waals surface area contributed by atoms with E-state index in [9.17, 15) is 58.8 Å². The topological polar surface area (TPSA) is 293 Å². The minimum atomic E-state index is -1.02. The summed E-state index contributed by atoms with van der Waals surface area (Å²) >= 11 is 0. The Bertz CT molecular complexity index is 2550. The molecule has 0 aromatic heterocycles. The van der Waals surface area contributed by atoms with Gasteiger partial charge in [0, 0.05) is 80.2 Å². The Morgan fingerprint density at radius 3 is 1.46 bits per heavy atom. The van der Waals surface area contributed by atoms with E-state index in [0.29, 0.717) is 55.4 Å². The number of carbonyl (C=O) groups excluding carboxylic acids is 8. The third-order valence-electron chi connectivity index (χ3n) is 23.9. The Balaban J connectivity index is 0.000000181. The molecule has 3 aliphatic heterocycles. The zero-order valence-corrected chi connectivity index (χ0v) is 47.3. The molecule has 4 amide bonds. The number of cyclic esters (lactones) is 2. The van der Waals surface area contributed by atoms with Gasteiger partial charge in [-0.2, -0.15) is 0 Å². The number of fused-ring (bicyclic) bond motifs is 10. The van der Waals surface area contributed by atoms with Gasteiger partial charge in [-0.25, -0.2) is 14.4 Å². The quantitative estimate of drug-likeness (QED) is 0.0899. The fraction of sp³-hybridized carbons (Fsp3) is 0.803. The summed E-state index contributed by atoms with van der Waals surface area (Å²) in [5.41, 5.74) is -1.72. The number of imide groups is 1. The first kappa shape index (κ1) is 58.6. The first-order valence-electron chi connectivity index (χ1n) is 30.2. The van der Waals surface area contributed by atoms with E-state index < -0.39 is 52.0 Å². The van der Waals surface area contributed by atoms with E-state index in [1.165, 1.54) is 0 Å². The summed E-state index contributed by atoms with van der Waals surface area (Å²) in [4.78, 5) is 101. The standard InChI is InChI=1S/C31H42N2O9.C30H45NO7/c1-29-11-9-19(32-24(35)5-8-27(38)42-33-25(36)6-7-26(33)37)14-18(29)3-4-21-22(29)15-23(34)30(2)20(10-12-31(21,30)40)17-13-28(39)41-16-17;1-28-11-9-20(31-26(35)8-6-21(33)4-3-13-32)15-19(28)5-7-23-24(28)16-25(34)29(2)22(10-12-30(23,29)37)18-14-27(36)38-17-18/h13,18-23,34,40H,3-12,14-16H2,1-2H3,(H,32,35);14,19-20,22-25,32,34,37H,3-13,15-17H2,1-2H3,(H,31,35)/t18-,19?,20-,21-,22+,23-,29+,30+,31+;19-,20?,22-,23-,24+,25-,28+,29+,30+/m11/s1. The molecule has 3 heterocycles. The van der Waals surface area contributed by atoms with Crippen LogP contribution >= 0.6 is 0 Å². The van der Waals surface area contributed by atoms with E-state index in [0.717, 1.165) is 88.2 Å². The first-order chi connectivity index (χ1) is 37.9. The lowest BCUT2D eigenvalue weighted by Crippen LogP contribution is -2.67. The van der Waals surface area contributed by atoms with Gasteiger partial charge in [-0.05, 0) is 178 Å². The van der Waals surface area contributed by atoms with E-state index in [1.807, 2.05) is 13.8 Å². The molecule has 0 aromatic carbocycles. The second kappa shape index (κ2) is 22.2. The average molecular weight is 1120 g/mol. The Hall–Kier alpha value is -4.56. The fourth-order valence-electron chi connectivity index (χ4n) is 19.3. The number of ketones is 1. The van der Waals surface area contributed by atoms with Gasteiger partial charge >= 0.3 is 17.9 Å². The van der Waals surface area contributed by atoms with E-state index in [1.54, 1.807) is 12.2 Å². The summed E-state index contributed by atoms with van der Waals surface area (Å²) in [7, 11) is 0. The van der Waals surface area contributed by atoms with Crippen LogP contribution in [0.15, 0.2) is 23.3 Å². The van der Waals surface area contributed by atoms with Crippen LogP contribution in [0.5, 0.6) is 0 Å². The molecule has 0 radical (unpaired) electrons. The molecule has 19 heteroatoms. The molecule has 11 rings (SSSR count). The molecule has 1 saturated heterocycles. The molecule has 2 unspecified atom stereocenters. The Kier molecular flexibility index (Phi) is 16.3. The number of amides is 4. The van der Waals surface area contributed by atoms with Gasteiger partial charge < -0.3 is 50.5 Å². The zero-order chi connectivity index (χ0) is 57.3. The molecule has 8 saturated carbocycles. The molecule has 0 aromatic rings. The number of hydrogen-bond donors (Lipinski definition) is 7. The molecule has 7 N–H and O–H groups in total. The maximum atomic E-state index is 12.7. The molecule has 442 valence electrons. The predicted molar refractivity (Wildman–Crippen MR) is 285 cm³/mol. The van der Waals surface area contributed by atoms with E-state index >= 15 is 0 Å². The van der Waals surface area contributed by atoms with Crippen LogP contribution in [0.2, 0.25) is 0 Å². The van der Waals surface area contributed by atoms with Gasteiger partial charge in [0.15, 0.2) is 0 Å². The van der Waals surface area contributed by atoms with Crippen LogP contribution in [0.25, 0.3) is 0 Å². The number of Topliss-reactive ketones (excluding diaryl/α,β-unsaturated/α-hetero) is 1. The van der Waals surface area contributed by atoms with Crippen molar-refractivity contribution in [1.29, 1.82) is 0 Å². The van der Waals surface area contributed by atoms with Crippen LogP contribution in [0.4, 0.5) is 0 Å². The van der Waals surface area contributed by atoms with Crippen molar-refractivity contribution < 1.29 is 78.2 Å². The largest absolute Gasteiger partial charge is 0.458 e. The van der Waals surface area contributed by atoms with Crippen LogP contribution in [0.3, 0.4) is 0 Å². The third kappa shape index (κ3) is 9.99. The highest BCUT2D eigenvalue weighted by Crippen LogP contribution is 2.72. The first-order valence-corrected chi connectivity index (χ1v) is 30.2. The number of hydrogen-bond acceptors (Lipinski definition) is 16. The highest BCUT2D eigenvalue weighted by atomic mass is 16.7. The molecule has 11 aliphatic rings. The van der Waals surface area contributed by atoms with Gasteiger partial charge in [-0.3, -0.25) is 24.0 Å². The number of carbonyl (C=O) groups is 8. The SMILES string of the molecule is C[C@]12CCC(NC(=O)CCC(=O)CCCO)C[C@H]1CC[C@@H]1[C@@H]2C[C@@H](O)[C@]2(C)[C@@H](C3=CC(=O)OC3)CC[C@]12O.C[C@]12CCC(NC(=O)CCC(=O)ON3C(=O)CCC3=O)C[C@H]1CC[C@@H]1[C@@H]2C[C@@H](O)[C@]2(C)[C@@H](C3=CC(=O)OC3)CC[C@]12O. The summed E-state index contributed by atoms with van der Waals surface area (Å²) in [5, 5.41) is 63.7. The normalized spacial score (nSPS) is 43.3. The maximum absolute atomic E-state index is 12.7. The van der Waals surface area contributed by atoms with Crippen molar-refractivity contribution in [3.63, 3.8) is 0 Å². The van der Waals surface area contributed by atoms with Crippen molar-refractivity contribution in [2.24, 2.45) is 69.0 Å². The second-order valence-corrected chi connectivity index (χ2v) is 27.2. The van der Waals surface area contributed by atoms with E-state index in [4.69, 9.17) is 19.4 Å². The maximum Gasteiger partial charge on any atom is 0.333 e. The van der Waals surface area contributed by atoms with Crippen LogP contribution < -0.4 is 10.6 Å². The van der Waals surface area contributed by atoms with Crippen LogP contribution in [0, 0.1) is 69.0 Å². The fourth-order valence-corrected chi connectivity index (χ4v) is 19.3. The third-order valence-corrected chi connectivity index (χ3v) is 23.9. The summed E-state index contributed by atoms with van der Waals surface area (Å²) in [6.45, 7) is 9.16. The summed E-state index contributed by atoms with van der Waals surface area (Å²) in [6, 6.07) is 0.0590. The molecule has 18 atom stereocenters. The Morgan fingerprint density at radius 1 is 0.588 bits per heavy atom. The van der Waals surface area contributed by atoms with E-state index in [2.05, 4.69) is 24.5 Å². The van der Waals surface area contributed by atoms with Crippen molar-refractivity contribution in [1.82, 2.24) is 15.7 Å². The molecule has 0 bridgehead atoms. The van der Waals surface area contributed by atoms with Crippen LogP contribution in [-0.4, -0.2) is 133 Å². The molecular weight excluding hydrogens is 1030 g/mol. The van der Waals surface area contributed by atoms with Crippen molar-refractivity contribution in [2.45, 2.75) is 217 Å². The lowest BCUT2D eigenvalue weighted by atomic mass is 9.42. The molecule has 0 spiro atoms. The lowest BCUT2D eigenvalue weighted by Gasteiger charge is -2.65. The van der Waals surface area contributed by atoms with Gasteiger partial charge in [-0.1, -0.05) is 27.7 Å². The van der Waals surface area contributed by atoms with Crippen LogP contribution in [-0.2, 0) is 52.7 Å². The monoisotopic (exact) mass is 1120 g/mol. The molecule has 9 fully saturated rings. The van der Waals surface area contributed by atoms with Crippen molar-refractivity contribution >= 4 is 47.3 Å². The number of nitrogens with one attached hydrogen (secondary N) is 2. The van der Waals surface area contributed by atoms with Gasteiger partial charge in [0.1, 0.15) is 19.0 Å². The minimum absolute atomic E-state index is 0.00770. The van der Waals surface area contributed by atoms with Gasteiger partial charge in [-0.15, -0.1) is 5.06 Å². The smallest absolute Gasteiger partial charge is 0.333 e. The van der Waals surface area contributed by atoms with Crippen molar-refractivity contribution in [3.05, 3.63) is 23.3 Å². The summed E-state index contributed by atoms with van der Waals surface area (Å²) in [5.74, 6) is -1.77. The van der Waals surface area contributed by atoms with E-state index in [-0.39, 0.29) is 146 Å². The number of nitrogens with zero attached hydrogens (tertiary/aromatic N) is 1. The number of aliphatic hydroxyl groups is 5. The lowest BCUT2D eigenvalue weighted by molar-refractivity contribution is -0.243. The van der Waals surface area contributed by atoms with Gasteiger partial charge in [0.05, 0.1) is 29.8 Å². The average Bonchev–Trinajstić information content (AvgIpc) is 4.34. The molecular formula is C61H87N3O16. The number of esters is 2. The molecule has 19 nitrogen and oxygen atoms in total. The Labute approximate surface area is 469 Å². The van der Waals surface area contributed by atoms with Crippen LogP contribution in [0.1, 0.15) is 182 Å². The van der Waals surface area contributed by atoms with Crippen molar-refractivity contribution in [2.75, 3.05) is 19.8 Å². The molecule has 8 aliphatic carbocycles. The number of rotatable bonds is 14. The zero-order valence-electron chi connectivity index (χ0n) is 47.3. The second-order valence-electron chi connectivity index (χ2n) is 27.2. The van der Waals surface area contributed by atoms with Crippen molar-refractivity contribution in [3.8, 4) is 0 Å². The Morgan fingerprint density at radius 2 is 1.04 bits per heavy atom. The molecule has 80 heavy (non-hydrogen) atoms. The highest BCUT2D eigenvalue weighted by Gasteiger charge is 2.72. The number of hydroxylamine groups is 2. The summed E-state index contributed by atoms with van der Waals surface area (Å²) in [6.07, 6.45) is 15.4. The minimum Gasteiger partial charge on any atom is -0.458 e. The van der Waals surface area contributed by atoms with Gasteiger partial charge in [0.25, 0.3) is 11.8 Å². The number of aliphatic hydroxyl groups excluding tert-OH is 3. The summed E-state index contributed by atoms with van der Waals surface area (Å²) < 4.78 is 10.4. The van der Waals surface area contributed by atoms with Gasteiger partial charge in [0.2, 0.25) is 11.8 Å².